The van der Waals surface area contributed by atoms with Crippen molar-refractivity contribution < 1.29 is 28.6 Å². The minimum absolute atomic E-state index is 0.0778. The van der Waals surface area contributed by atoms with Crippen LogP contribution in [0.15, 0.2) is 36.5 Å². The molecule has 56 heavy (non-hydrogen) atoms. The van der Waals surface area contributed by atoms with E-state index in [-0.39, 0.29) is 31.1 Å². The van der Waals surface area contributed by atoms with E-state index in [0.29, 0.717) is 19.3 Å². The minimum Gasteiger partial charge on any atom is -0.462 e. The summed E-state index contributed by atoms with van der Waals surface area (Å²) in [5.74, 6) is -0.898. The van der Waals surface area contributed by atoms with Crippen molar-refractivity contribution in [2.45, 2.75) is 252 Å². The number of hydrogen-bond donors (Lipinski definition) is 0. The number of carbonyl (C=O) groups excluding carboxylic acids is 3. The molecule has 0 aromatic rings. The summed E-state index contributed by atoms with van der Waals surface area (Å²) in [5, 5.41) is 0. The molecule has 0 aromatic carbocycles. The van der Waals surface area contributed by atoms with Crippen LogP contribution >= 0.6 is 0 Å². The van der Waals surface area contributed by atoms with Crippen LogP contribution in [0.5, 0.6) is 0 Å². The molecule has 0 fully saturated rings. The van der Waals surface area contributed by atoms with Gasteiger partial charge in [-0.2, -0.15) is 0 Å². The van der Waals surface area contributed by atoms with Gasteiger partial charge in [0.05, 0.1) is 0 Å². The number of rotatable bonds is 43. The highest BCUT2D eigenvalue weighted by Crippen LogP contribution is 2.14. The van der Waals surface area contributed by atoms with Gasteiger partial charge in [-0.3, -0.25) is 14.4 Å². The third-order valence-corrected chi connectivity index (χ3v) is 10.4. The van der Waals surface area contributed by atoms with Gasteiger partial charge in [0.15, 0.2) is 6.10 Å². The zero-order valence-electron chi connectivity index (χ0n) is 37.2. The average Bonchev–Trinajstić information content (AvgIpc) is 3.19. The van der Waals surface area contributed by atoms with Gasteiger partial charge in [-0.25, -0.2) is 0 Å². The fourth-order valence-electron chi connectivity index (χ4n) is 6.69. The third kappa shape index (κ3) is 42.8. The Morgan fingerprint density at radius 3 is 1.09 bits per heavy atom. The van der Waals surface area contributed by atoms with E-state index in [2.05, 4.69) is 57.2 Å². The van der Waals surface area contributed by atoms with Crippen LogP contribution in [-0.4, -0.2) is 37.2 Å². The van der Waals surface area contributed by atoms with Crippen molar-refractivity contribution in [3.8, 4) is 0 Å². The normalized spacial score (nSPS) is 12.3. The molecular formula is C50H90O6. The smallest absolute Gasteiger partial charge is 0.306 e. The molecule has 0 heterocycles. The van der Waals surface area contributed by atoms with E-state index in [1.807, 2.05) is 0 Å². The molecule has 326 valence electrons. The first kappa shape index (κ1) is 53.6. The first-order valence-electron chi connectivity index (χ1n) is 24.0. The Labute approximate surface area is 346 Å². The monoisotopic (exact) mass is 787 g/mol. The predicted octanol–water partition coefficient (Wildman–Crippen LogP) is 15.4. The van der Waals surface area contributed by atoms with E-state index in [0.717, 1.165) is 89.9 Å². The highest BCUT2D eigenvalue weighted by atomic mass is 16.6. The second-order valence-corrected chi connectivity index (χ2v) is 16.0. The summed E-state index contributed by atoms with van der Waals surface area (Å²) in [6.07, 6.45) is 51.2. The lowest BCUT2D eigenvalue weighted by atomic mass is 10.0. The molecule has 0 aliphatic carbocycles. The molecular weight excluding hydrogens is 697 g/mol. The fraction of sp³-hybridized carbons (Fsp3) is 0.820. The maximum absolute atomic E-state index is 12.7. The Hall–Kier alpha value is -2.37. The highest BCUT2D eigenvalue weighted by molar-refractivity contribution is 5.71. The largest absolute Gasteiger partial charge is 0.462 e. The Morgan fingerprint density at radius 1 is 0.357 bits per heavy atom. The first-order valence-corrected chi connectivity index (χ1v) is 24.0. The van der Waals surface area contributed by atoms with Crippen molar-refractivity contribution in [3.63, 3.8) is 0 Å². The predicted molar refractivity (Wildman–Crippen MR) is 238 cm³/mol. The molecule has 0 unspecified atom stereocenters. The van der Waals surface area contributed by atoms with Crippen molar-refractivity contribution in [1.29, 1.82) is 0 Å². The maximum atomic E-state index is 12.7. The number of hydrogen-bond acceptors (Lipinski definition) is 6. The summed E-state index contributed by atoms with van der Waals surface area (Å²) in [7, 11) is 0. The molecule has 0 aliphatic heterocycles. The number of carbonyl (C=O) groups is 3. The van der Waals surface area contributed by atoms with Gasteiger partial charge in [-0.15, -0.1) is 0 Å². The van der Waals surface area contributed by atoms with Gasteiger partial charge < -0.3 is 14.2 Å². The molecule has 0 aliphatic rings. The van der Waals surface area contributed by atoms with E-state index in [9.17, 15) is 14.4 Å². The standard InChI is InChI=1S/C50H90O6/c1-4-7-10-13-16-19-22-24-25-26-29-31-34-37-40-43-49(52)55-46-47(56-50(53)44-41-38-35-32-27-21-18-15-12-9-6-3)45-54-48(51)42-39-36-33-30-28-23-20-17-14-11-8-5-2/h15-16,18-19,24-25,47H,4-14,17,20-23,26-46H2,1-3H3/b18-15-,19-16-,25-24-/t47-/m0/s1. The molecule has 0 radical (unpaired) electrons. The molecule has 6 nitrogen and oxygen atoms in total. The molecule has 0 saturated heterocycles. The Bertz CT molecular complexity index is 953. The van der Waals surface area contributed by atoms with Crippen LogP contribution in [0.1, 0.15) is 245 Å². The van der Waals surface area contributed by atoms with Crippen LogP contribution in [0.3, 0.4) is 0 Å². The Kier molecular flexibility index (Phi) is 43.4. The SMILES string of the molecule is CCCC/C=C\CCCCCCCC(=O)O[C@H](COC(=O)CCCCCCC/C=C\C/C=C\CCCCC)COC(=O)CCCCCCCCCCCCCC. The number of unbranched alkanes of at least 4 members (excludes halogenated alkanes) is 26. The fourth-order valence-corrected chi connectivity index (χ4v) is 6.69. The van der Waals surface area contributed by atoms with Crippen LogP contribution in [-0.2, 0) is 28.6 Å². The third-order valence-electron chi connectivity index (χ3n) is 10.4. The van der Waals surface area contributed by atoms with E-state index >= 15 is 0 Å². The van der Waals surface area contributed by atoms with Gasteiger partial charge in [0.25, 0.3) is 0 Å². The summed E-state index contributed by atoms with van der Waals surface area (Å²) >= 11 is 0. The van der Waals surface area contributed by atoms with Crippen molar-refractivity contribution in [1.82, 2.24) is 0 Å². The van der Waals surface area contributed by atoms with Crippen LogP contribution in [0.4, 0.5) is 0 Å². The van der Waals surface area contributed by atoms with Gasteiger partial charge in [0.1, 0.15) is 13.2 Å². The van der Waals surface area contributed by atoms with Crippen LogP contribution in [0, 0.1) is 0 Å². The molecule has 0 aromatic heterocycles. The van der Waals surface area contributed by atoms with Crippen LogP contribution in [0.2, 0.25) is 0 Å². The van der Waals surface area contributed by atoms with E-state index < -0.39 is 6.10 Å². The lowest BCUT2D eigenvalue weighted by molar-refractivity contribution is -0.167. The molecule has 0 spiro atoms. The maximum Gasteiger partial charge on any atom is 0.306 e. The van der Waals surface area contributed by atoms with Gasteiger partial charge in [0, 0.05) is 19.3 Å². The molecule has 0 amide bonds. The molecule has 0 N–H and O–H groups in total. The average molecular weight is 787 g/mol. The Balaban J connectivity index is 4.37. The summed E-state index contributed by atoms with van der Waals surface area (Å²) in [6, 6.07) is 0. The number of allylic oxidation sites excluding steroid dienone is 6. The van der Waals surface area contributed by atoms with E-state index in [1.165, 1.54) is 116 Å². The summed E-state index contributed by atoms with van der Waals surface area (Å²) in [4.78, 5) is 37.8. The summed E-state index contributed by atoms with van der Waals surface area (Å²) < 4.78 is 16.7. The Morgan fingerprint density at radius 2 is 0.661 bits per heavy atom. The first-order chi connectivity index (χ1) is 27.5. The van der Waals surface area contributed by atoms with Crippen molar-refractivity contribution in [2.75, 3.05) is 13.2 Å². The molecule has 1 atom stereocenters. The molecule has 6 heteroatoms. The number of esters is 3. The number of ether oxygens (including phenoxy) is 3. The second-order valence-electron chi connectivity index (χ2n) is 16.0. The minimum atomic E-state index is -0.776. The van der Waals surface area contributed by atoms with Gasteiger partial charge in [-0.1, -0.05) is 192 Å². The van der Waals surface area contributed by atoms with Gasteiger partial charge >= 0.3 is 17.9 Å². The van der Waals surface area contributed by atoms with Crippen LogP contribution in [0.25, 0.3) is 0 Å². The van der Waals surface area contributed by atoms with Crippen molar-refractivity contribution in [3.05, 3.63) is 36.5 Å². The van der Waals surface area contributed by atoms with E-state index in [1.54, 1.807) is 0 Å². The summed E-state index contributed by atoms with van der Waals surface area (Å²) in [5.41, 5.74) is 0. The second kappa shape index (κ2) is 45.3. The lowest BCUT2D eigenvalue weighted by Crippen LogP contribution is -2.30. The molecule has 0 saturated carbocycles. The topological polar surface area (TPSA) is 78.9 Å². The zero-order valence-corrected chi connectivity index (χ0v) is 37.2. The summed E-state index contributed by atoms with van der Waals surface area (Å²) in [6.45, 7) is 6.55. The van der Waals surface area contributed by atoms with Gasteiger partial charge in [0.2, 0.25) is 0 Å². The zero-order chi connectivity index (χ0) is 40.8. The van der Waals surface area contributed by atoms with Crippen molar-refractivity contribution >= 4 is 17.9 Å². The quantitative estimate of drug-likeness (QED) is 0.0265. The van der Waals surface area contributed by atoms with Crippen molar-refractivity contribution in [2.24, 2.45) is 0 Å². The molecule has 0 bridgehead atoms. The van der Waals surface area contributed by atoms with E-state index in [4.69, 9.17) is 14.2 Å². The highest BCUT2D eigenvalue weighted by Gasteiger charge is 2.19. The lowest BCUT2D eigenvalue weighted by Gasteiger charge is -2.18. The van der Waals surface area contributed by atoms with Crippen LogP contribution < -0.4 is 0 Å². The van der Waals surface area contributed by atoms with Gasteiger partial charge in [-0.05, 0) is 70.6 Å². The molecule has 0 rings (SSSR count).